The third-order valence-electron chi connectivity index (χ3n) is 1.30. The van der Waals surface area contributed by atoms with E-state index in [1.165, 1.54) is 6.92 Å². The number of nitrogens with one attached hydrogen (secondary N) is 1. The average Bonchev–Trinajstić information content (AvgIpc) is 1.86. The first kappa shape index (κ1) is 14.7. The Kier molecular flexibility index (Phi) is 9.60. The van der Waals surface area contributed by atoms with Crippen LogP contribution in [0.2, 0.25) is 0 Å². The van der Waals surface area contributed by atoms with E-state index >= 15 is 0 Å². The quantitative estimate of drug-likeness (QED) is 0.650. The minimum absolute atomic E-state index is 0. The van der Waals surface area contributed by atoms with Crippen molar-refractivity contribution in [2.24, 2.45) is 0 Å². The Labute approximate surface area is 97.0 Å². The summed E-state index contributed by atoms with van der Waals surface area (Å²) < 4.78 is 0. The normalized spacial score (nSPS) is 13.9. The molecule has 2 unspecified atom stereocenters. The number of aliphatic hydroxyl groups is 1. The van der Waals surface area contributed by atoms with E-state index in [4.69, 9.17) is 5.11 Å². The molecule has 0 spiro atoms. The first-order valence-electron chi connectivity index (χ1n) is 3.38. The molecule has 4 nitrogen and oxygen atoms in total. The molecule has 0 aromatic carbocycles. The molecule has 0 aliphatic carbocycles. The number of carbonyl (C=O) groups excluding carboxylic acids is 2. The molecular formula is C7H12NO3Y-. The summed E-state index contributed by atoms with van der Waals surface area (Å²) in [4.78, 5) is 20.2. The zero-order valence-electron chi connectivity index (χ0n) is 7.20. The third-order valence-corrected chi connectivity index (χ3v) is 1.30. The molecule has 0 saturated carbocycles. The fourth-order valence-electron chi connectivity index (χ4n) is 0.679. The van der Waals surface area contributed by atoms with E-state index in [9.17, 15) is 9.59 Å². The maximum atomic E-state index is 10.4. The van der Waals surface area contributed by atoms with E-state index in [1.807, 2.05) is 0 Å². The summed E-state index contributed by atoms with van der Waals surface area (Å²) in [6, 6.07) is -0.394. The molecule has 0 aromatic rings. The van der Waals surface area contributed by atoms with Crippen LogP contribution in [0.5, 0.6) is 0 Å². The first-order chi connectivity index (χ1) is 5.07. The predicted molar refractivity (Wildman–Crippen MR) is 39.6 cm³/mol. The summed E-state index contributed by atoms with van der Waals surface area (Å²) in [6.45, 7) is 2.98. The molecule has 2 N–H and O–H groups in total. The van der Waals surface area contributed by atoms with Gasteiger partial charge in [0.15, 0.2) is 0 Å². The van der Waals surface area contributed by atoms with Crippen LogP contribution in [0.25, 0.3) is 0 Å². The van der Waals surface area contributed by atoms with Gasteiger partial charge in [-0.25, -0.2) is 0 Å². The summed E-state index contributed by atoms with van der Waals surface area (Å²) in [5.41, 5.74) is 0. The molecule has 0 bridgehead atoms. The fraction of sp³-hybridized carbons (Fsp3) is 0.714. The van der Waals surface area contributed by atoms with Gasteiger partial charge in [0.05, 0.1) is 6.10 Å². The van der Waals surface area contributed by atoms with Crippen LogP contribution in [-0.2, 0) is 42.3 Å². The number of hydrogen-bond acceptors (Lipinski definition) is 3. The summed E-state index contributed by atoms with van der Waals surface area (Å²) >= 11 is 0. The second-order valence-electron chi connectivity index (χ2n) is 2.41. The number of hydrogen-bond donors (Lipinski definition) is 2. The van der Waals surface area contributed by atoms with Crippen LogP contribution < -0.4 is 5.32 Å². The first-order valence-corrected chi connectivity index (χ1v) is 3.38. The number of aliphatic hydroxyl groups excluding tert-OH is 1. The smallest absolute Gasteiger partial charge is 0.217 e. The predicted octanol–water partition coefficient (Wildman–Crippen LogP) is -0.631. The topological polar surface area (TPSA) is 66.4 Å². The van der Waals surface area contributed by atoms with Crippen molar-refractivity contribution in [2.45, 2.75) is 32.4 Å². The molecule has 12 heavy (non-hydrogen) atoms. The van der Waals surface area contributed by atoms with Gasteiger partial charge in [-0.15, -0.1) is 6.42 Å². The van der Waals surface area contributed by atoms with Crippen LogP contribution >= 0.6 is 0 Å². The van der Waals surface area contributed by atoms with Crippen molar-refractivity contribution < 1.29 is 47.4 Å². The van der Waals surface area contributed by atoms with Crippen LogP contribution in [0.4, 0.5) is 0 Å². The molecule has 1 radical (unpaired) electrons. The summed E-state index contributed by atoms with van der Waals surface area (Å²) in [6.07, 6.45) is 0.666. The molecule has 5 heteroatoms. The van der Waals surface area contributed by atoms with Crippen molar-refractivity contribution in [2.75, 3.05) is 0 Å². The van der Waals surface area contributed by atoms with Gasteiger partial charge in [-0.1, -0.05) is 0 Å². The van der Waals surface area contributed by atoms with Gasteiger partial charge in [-0.05, 0) is 6.92 Å². The van der Waals surface area contributed by atoms with Gasteiger partial charge in [0.25, 0.3) is 0 Å². The van der Waals surface area contributed by atoms with Crippen LogP contribution in [-0.4, -0.2) is 29.4 Å². The fourth-order valence-corrected chi connectivity index (χ4v) is 0.679. The third kappa shape index (κ3) is 6.89. The van der Waals surface area contributed by atoms with Gasteiger partial charge in [-0.2, -0.15) is 0 Å². The minimum Gasteiger partial charge on any atom is -0.542 e. The molecule has 0 rings (SSSR count). The monoisotopic (exact) mass is 247 g/mol. The van der Waals surface area contributed by atoms with Gasteiger partial charge < -0.3 is 15.2 Å². The maximum absolute atomic E-state index is 10.4. The number of carbonyl (C=O) groups is 1. The second kappa shape index (κ2) is 7.83. The van der Waals surface area contributed by atoms with E-state index in [-0.39, 0.29) is 45.0 Å². The van der Waals surface area contributed by atoms with Gasteiger partial charge in [0.1, 0.15) is 0 Å². The Bertz CT molecular complexity index is 152. The van der Waals surface area contributed by atoms with Crippen molar-refractivity contribution >= 4 is 12.2 Å². The minimum atomic E-state index is -0.837. The average molecular weight is 247 g/mol. The van der Waals surface area contributed by atoms with Crippen molar-refractivity contribution in [1.29, 1.82) is 0 Å². The van der Waals surface area contributed by atoms with E-state index in [2.05, 4.69) is 5.32 Å². The van der Waals surface area contributed by atoms with E-state index < -0.39 is 12.1 Å². The standard InChI is InChI=1S/C7H12NO3.Y/c1-5(8-6(2)10)7(11)3-4-9;/h5,7,11H,3H2,1-2H3,(H,8,10);/q-1;. The molecule has 0 saturated heterocycles. The van der Waals surface area contributed by atoms with Crippen molar-refractivity contribution in [3.8, 4) is 0 Å². The summed E-state index contributed by atoms with van der Waals surface area (Å²) in [7, 11) is 0. The Morgan fingerprint density at radius 3 is 2.50 bits per heavy atom. The number of rotatable bonds is 4. The second-order valence-corrected chi connectivity index (χ2v) is 2.41. The van der Waals surface area contributed by atoms with E-state index in [1.54, 1.807) is 13.2 Å². The maximum Gasteiger partial charge on any atom is 0.217 e. The van der Waals surface area contributed by atoms with E-state index in [0.29, 0.717) is 0 Å². The zero-order chi connectivity index (χ0) is 8.85. The SMILES string of the molecule is CC(=O)NC(C)C(O)C[C-]=O.[Y]. The summed E-state index contributed by atoms with van der Waals surface area (Å²) in [5.74, 6) is -0.220. The Balaban J connectivity index is 0. The van der Waals surface area contributed by atoms with Crippen molar-refractivity contribution in [1.82, 2.24) is 5.32 Å². The Hall–Kier alpha value is 0.204. The molecular weight excluding hydrogens is 235 g/mol. The largest absolute Gasteiger partial charge is 0.542 e. The van der Waals surface area contributed by atoms with Gasteiger partial charge in [0, 0.05) is 45.7 Å². The molecule has 1 amide bonds. The van der Waals surface area contributed by atoms with Gasteiger partial charge in [-0.3, -0.25) is 11.1 Å². The molecule has 0 heterocycles. The number of amides is 1. The Morgan fingerprint density at radius 1 is 1.67 bits per heavy atom. The molecule has 2 atom stereocenters. The van der Waals surface area contributed by atoms with Gasteiger partial charge >= 0.3 is 0 Å². The molecule has 0 aliphatic rings. The van der Waals surface area contributed by atoms with Crippen molar-refractivity contribution in [3.63, 3.8) is 0 Å². The molecule has 0 aromatic heterocycles. The summed E-state index contributed by atoms with van der Waals surface area (Å²) in [5, 5.41) is 11.5. The molecule has 67 valence electrons. The van der Waals surface area contributed by atoms with Crippen LogP contribution in [0, 0.1) is 0 Å². The molecule has 0 aliphatic heterocycles. The van der Waals surface area contributed by atoms with Crippen molar-refractivity contribution in [3.05, 3.63) is 0 Å². The van der Waals surface area contributed by atoms with Crippen LogP contribution in [0.15, 0.2) is 0 Å². The molecule has 0 fully saturated rings. The van der Waals surface area contributed by atoms with Gasteiger partial charge in [0.2, 0.25) is 5.91 Å². The zero-order valence-corrected chi connectivity index (χ0v) is 10.0. The Morgan fingerprint density at radius 2 is 2.17 bits per heavy atom. The van der Waals surface area contributed by atoms with Crippen LogP contribution in [0.3, 0.4) is 0 Å². The van der Waals surface area contributed by atoms with E-state index in [0.717, 1.165) is 0 Å². The van der Waals surface area contributed by atoms with Crippen LogP contribution in [0.1, 0.15) is 20.3 Å².